The number of ether oxygens (including phenoxy) is 1. The molecule has 0 saturated carbocycles. The van der Waals surface area contributed by atoms with Crippen molar-refractivity contribution in [2.24, 2.45) is 0 Å². The van der Waals surface area contributed by atoms with E-state index in [1.165, 1.54) is 0 Å². The standard InChI is InChI=1S/C19H23N3O3/c1-6-25-18(23)15-10-17(14(5)20-13(15)4)22-19(24)21-16-9-11(2)7-8-12(16)3/h7-10H,6H2,1-5H3,(H2,21,22,24). The molecular weight excluding hydrogens is 318 g/mol. The fraction of sp³-hybridized carbons (Fsp3) is 0.316. The van der Waals surface area contributed by atoms with Gasteiger partial charge < -0.3 is 15.4 Å². The molecule has 1 aromatic carbocycles. The number of pyridine rings is 1. The number of nitrogens with one attached hydrogen (secondary N) is 2. The number of urea groups is 1. The molecule has 132 valence electrons. The second-order valence-electron chi connectivity index (χ2n) is 5.87. The number of esters is 1. The largest absolute Gasteiger partial charge is 0.462 e. The Morgan fingerprint density at radius 1 is 1.00 bits per heavy atom. The maximum absolute atomic E-state index is 12.3. The van der Waals surface area contributed by atoms with Crippen LogP contribution in [0.3, 0.4) is 0 Å². The third-order valence-corrected chi connectivity index (χ3v) is 3.79. The van der Waals surface area contributed by atoms with Gasteiger partial charge in [0.1, 0.15) is 0 Å². The minimum absolute atomic E-state index is 0.280. The topological polar surface area (TPSA) is 80.3 Å². The maximum Gasteiger partial charge on any atom is 0.340 e. The monoisotopic (exact) mass is 341 g/mol. The average Bonchev–Trinajstić information content (AvgIpc) is 2.53. The van der Waals surface area contributed by atoms with E-state index >= 15 is 0 Å². The summed E-state index contributed by atoms with van der Waals surface area (Å²) >= 11 is 0. The first-order valence-electron chi connectivity index (χ1n) is 8.12. The number of carbonyl (C=O) groups excluding carboxylic acids is 2. The summed E-state index contributed by atoms with van der Waals surface area (Å²) in [5.41, 5.74) is 4.76. The summed E-state index contributed by atoms with van der Waals surface area (Å²) in [4.78, 5) is 28.6. The van der Waals surface area contributed by atoms with Gasteiger partial charge in [-0.25, -0.2) is 9.59 Å². The van der Waals surface area contributed by atoms with E-state index in [2.05, 4.69) is 15.6 Å². The first-order valence-corrected chi connectivity index (χ1v) is 8.12. The molecule has 2 aromatic rings. The summed E-state index contributed by atoms with van der Waals surface area (Å²) in [6.07, 6.45) is 0. The molecule has 0 atom stereocenters. The summed E-state index contributed by atoms with van der Waals surface area (Å²) in [6, 6.07) is 7.04. The number of anilines is 2. The summed E-state index contributed by atoms with van der Waals surface area (Å²) < 4.78 is 5.03. The van der Waals surface area contributed by atoms with Gasteiger partial charge in [0, 0.05) is 5.69 Å². The molecule has 6 heteroatoms. The fourth-order valence-corrected chi connectivity index (χ4v) is 2.41. The van der Waals surface area contributed by atoms with Gasteiger partial charge in [-0.1, -0.05) is 12.1 Å². The number of hydrogen-bond donors (Lipinski definition) is 2. The van der Waals surface area contributed by atoms with Crippen LogP contribution < -0.4 is 10.6 Å². The van der Waals surface area contributed by atoms with Gasteiger partial charge in [-0.2, -0.15) is 0 Å². The second-order valence-corrected chi connectivity index (χ2v) is 5.87. The normalized spacial score (nSPS) is 10.3. The molecular formula is C19H23N3O3. The molecule has 2 N–H and O–H groups in total. The molecule has 1 heterocycles. The van der Waals surface area contributed by atoms with Gasteiger partial charge in [-0.05, 0) is 57.9 Å². The molecule has 0 aliphatic carbocycles. The van der Waals surface area contributed by atoms with E-state index in [9.17, 15) is 9.59 Å². The molecule has 0 radical (unpaired) electrons. The van der Waals surface area contributed by atoms with Crippen molar-refractivity contribution >= 4 is 23.4 Å². The van der Waals surface area contributed by atoms with E-state index in [4.69, 9.17) is 4.74 Å². The van der Waals surface area contributed by atoms with Crippen LogP contribution >= 0.6 is 0 Å². The molecule has 0 aliphatic heterocycles. The Bertz CT molecular complexity index is 816. The molecule has 0 bridgehead atoms. The Labute approximate surface area is 147 Å². The molecule has 0 saturated heterocycles. The number of hydrogen-bond acceptors (Lipinski definition) is 4. The highest BCUT2D eigenvalue weighted by molar-refractivity contribution is 6.01. The van der Waals surface area contributed by atoms with Crippen LogP contribution in [0.1, 0.15) is 39.8 Å². The van der Waals surface area contributed by atoms with Crippen LogP contribution in [0.15, 0.2) is 24.3 Å². The van der Waals surface area contributed by atoms with Crippen molar-refractivity contribution in [3.05, 3.63) is 52.3 Å². The third-order valence-electron chi connectivity index (χ3n) is 3.79. The van der Waals surface area contributed by atoms with Crippen LogP contribution in [0.2, 0.25) is 0 Å². The van der Waals surface area contributed by atoms with E-state index in [1.807, 2.05) is 32.0 Å². The number of aromatic nitrogens is 1. The lowest BCUT2D eigenvalue weighted by Gasteiger charge is -2.14. The zero-order valence-electron chi connectivity index (χ0n) is 15.2. The van der Waals surface area contributed by atoms with Crippen molar-refractivity contribution in [1.29, 1.82) is 0 Å². The molecule has 6 nitrogen and oxygen atoms in total. The van der Waals surface area contributed by atoms with Gasteiger partial charge in [-0.3, -0.25) is 4.98 Å². The highest BCUT2D eigenvalue weighted by Crippen LogP contribution is 2.20. The minimum Gasteiger partial charge on any atom is -0.462 e. The van der Waals surface area contributed by atoms with Crippen molar-refractivity contribution in [1.82, 2.24) is 4.98 Å². The lowest BCUT2D eigenvalue weighted by molar-refractivity contribution is 0.0525. The van der Waals surface area contributed by atoms with E-state index in [1.54, 1.807) is 26.8 Å². The summed E-state index contributed by atoms with van der Waals surface area (Å²) in [7, 11) is 0. The number of benzene rings is 1. The van der Waals surface area contributed by atoms with E-state index < -0.39 is 12.0 Å². The predicted octanol–water partition coefficient (Wildman–Crippen LogP) is 4.14. The van der Waals surface area contributed by atoms with Gasteiger partial charge in [0.25, 0.3) is 0 Å². The van der Waals surface area contributed by atoms with E-state index in [0.29, 0.717) is 22.6 Å². The minimum atomic E-state index is -0.453. The highest BCUT2D eigenvalue weighted by atomic mass is 16.5. The Balaban J connectivity index is 2.21. The SMILES string of the molecule is CCOC(=O)c1cc(NC(=O)Nc2cc(C)ccc2C)c(C)nc1C. The van der Waals surface area contributed by atoms with Crippen molar-refractivity contribution in [3.8, 4) is 0 Å². The van der Waals surface area contributed by atoms with Gasteiger partial charge in [0.05, 0.1) is 29.2 Å². The molecule has 25 heavy (non-hydrogen) atoms. The van der Waals surface area contributed by atoms with Crippen LogP contribution in [-0.2, 0) is 4.74 Å². The fourth-order valence-electron chi connectivity index (χ4n) is 2.41. The van der Waals surface area contributed by atoms with Gasteiger partial charge in [0.15, 0.2) is 0 Å². The Morgan fingerprint density at radius 3 is 2.36 bits per heavy atom. The van der Waals surface area contributed by atoms with Crippen molar-refractivity contribution in [2.75, 3.05) is 17.2 Å². The maximum atomic E-state index is 12.3. The Hall–Kier alpha value is -2.89. The van der Waals surface area contributed by atoms with E-state index in [-0.39, 0.29) is 6.61 Å². The van der Waals surface area contributed by atoms with Crippen LogP contribution in [0, 0.1) is 27.7 Å². The lowest BCUT2D eigenvalue weighted by atomic mass is 10.1. The molecule has 0 aliphatic rings. The Kier molecular flexibility index (Phi) is 5.75. The van der Waals surface area contributed by atoms with Crippen molar-refractivity contribution in [2.45, 2.75) is 34.6 Å². The summed E-state index contributed by atoms with van der Waals surface area (Å²) in [6.45, 7) is 9.41. The van der Waals surface area contributed by atoms with E-state index in [0.717, 1.165) is 16.8 Å². The van der Waals surface area contributed by atoms with Gasteiger partial charge in [0.2, 0.25) is 0 Å². The van der Waals surface area contributed by atoms with Crippen LogP contribution in [0.4, 0.5) is 16.2 Å². The molecule has 0 spiro atoms. The van der Waals surface area contributed by atoms with Gasteiger partial charge in [-0.15, -0.1) is 0 Å². The zero-order valence-corrected chi connectivity index (χ0v) is 15.2. The molecule has 0 fully saturated rings. The molecule has 1 aromatic heterocycles. The number of aryl methyl sites for hydroxylation is 4. The predicted molar refractivity (Wildman–Crippen MR) is 98.2 cm³/mol. The van der Waals surface area contributed by atoms with Gasteiger partial charge >= 0.3 is 12.0 Å². The lowest BCUT2D eigenvalue weighted by Crippen LogP contribution is -2.21. The van der Waals surface area contributed by atoms with Crippen molar-refractivity contribution < 1.29 is 14.3 Å². The number of amides is 2. The smallest absolute Gasteiger partial charge is 0.340 e. The highest BCUT2D eigenvalue weighted by Gasteiger charge is 2.16. The third kappa shape index (κ3) is 4.56. The number of rotatable bonds is 4. The molecule has 2 rings (SSSR count). The number of carbonyl (C=O) groups is 2. The average molecular weight is 341 g/mol. The summed E-state index contributed by atoms with van der Waals surface area (Å²) in [5, 5.41) is 5.57. The first kappa shape index (κ1) is 18.4. The first-order chi connectivity index (χ1) is 11.8. The van der Waals surface area contributed by atoms with Crippen LogP contribution in [0.5, 0.6) is 0 Å². The zero-order chi connectivity index (χ0) is 18.6. The molecule has 0 unspecified atom stereocenters. The van der Waals surface area contributed by atoms with Crippen LogP contribution in [0.25, 0.3) is 0 Å². The number of nitrogens with zero attached hydrogens (tertiary/aromatic N) is 1. The second kappa shape index (κ2) is 7.79. The Morgan fingerprint density at radius 2 is 1.68 bits per heavy atom. The van der Waals surface area contributed by atoms with Crippen LogP contribution in [-0.4, -0.2) is 23.6 Å². The quantitative estimate of drug-likeness (QED) is 0.819. The molecule has 2 amide bonds. The summed E-state index contributed by atoms with van der Waals surface area (Å²) in [5.74, 6) is -0.453. The van der Waals surface area contributed by atoms with Crippen molar-refractivity contribution in [3.63, 3.8) is 0 Å².